The summed E-state index contributed by atoms with van der Waals surface area (Å²) in [5.74, 6) is -0.712. The van der Waals surface area contributed by atoms with Gasteiger partial charge in [0.15, 0.2) is 11.5 Å². The molecule has 5 N–H and O–H groups in total. The Morgan fingerprint density at radius 1 is 1.20 bits per heavy atom. The highest BCUT2D eigenvalue weighted by Gasteiger charge is 2.44. The van der Waals surface area contributed by atoms with Crippen molar-refractivity contribution in [1.82, 2.24) is 0 Å². The molecule has 9 nitrogen and oxygen atoms in total. The van der Waals surface area contributed by atoms with Crippen LogP contribution in [0.4, 0.5) is 0 Å². The number of aliphatic hydroxyl groups is 4. The zero-order valence-electron chi connectivity index (χ0n) is 13.3. The molecule has 1 heterocycles. The van der Waals surface area contributed by atoms with Crippen LogP contribution >= 0.6 is 0 Å². The van der Waals surface area contributed by atoms with Gasteiger partial charge in [0.25, 0.3) is 0 Å². The van der Waals surface area contributed by atoms with E-state index in [1.165, 1.54) is 25.3 Å². The number of carboxylic acid groups (broad SMARTS) is 1. The Morgan fingerprint density at radius 3 is 2.52 bits per heavy atom. The van der Waals surface area contributed by atoms with E-state index in [0.29, 0.717) is 5.56 Å². The molecular formula is C16H20O9. The van der Waals surface area contributed by atoms with E-state index < -0.39 is 43.3 Å². The van der Waals surface area contributed by atoms with Gasteiger partial charge in [-0.3, -0.25) is 0 Å². The maximum Gasteiger partial charge on any atom is 0.328 e. The van der Waals surface area contributed by atoms with Gasteiger partial charge in [-0.2, -0.15) is 0 Å². The Kier molecular flexibility index (Phi) is 6.34. The molecule has 25 heavy (non-hydrogen) atoms. The van der Waals surface area contributed by atoms with Gasteiger partial charge in [0.2, 0.25) is 6.29 Å². The Morgan fingerprint density at radius 2 is 1.92 bits per heavy atom. The largest absolute Gasteiger partial charge is 0.493 e. The predicted molar refractivity (Wildman–Crippen MR) is 84.1 cm³/mol. The van der Waals surface area contributed by atoms with Crippen LogP contribution in [0.5, 0.6) is 11.5 Å². The molecule has 1 aliphatic heterocycles. The summed E-state index contributed by atoms with van der Waals surface area (Å²) in [6.07, 6.45) is -4.83. The molecule has 0 bridgehead atoms. The van der Waals surface area contributed by atoms with Crippen LogP contribution < -0.4 is 9.47 Å². The van der Waals surface area contributed by atoms with Gasteiger partial charge in [-0.1, -0.05) is 6.07 Å². The molecule has 138 valence electrons. The van der Waals surface area contributed by atoms with Gasteiger partial charge in [0, 0.05) is 6.08 Å². The summed E-state index contributed by atoms with van der Waals surface area (Å²) in [5, 5.41) is 47.5. The van der Waals surface area contributed by atoms with E-state index in [1.807, 2.05) is 0 Å². The van der Waals surface area contributed by atoms with E-state index in [0.717, 1.165) is 6.08 Å². The Hall–Kier alpha value is -2.17. The van der Waals surface area contributed by atoms with Crippen LogP contribution in [0.2, 0.25) is 0 Å². The summed E-state index contributed by atoms with van der Waals surface area (Å²) in [5.41, 5.74) is 0.489. The van der Waals surface area contributed by atoms with E-state index in [9.17, 15) is 25.2 Å². The minimum absolute atomic E-state index is 0.124. The Balaban J connectivity index is 2.25. The molecule has 0 amide bonds. The van der Waals surface area contributed by atoms with Crippen LogP contribution in [0.1, 0.15) is 5.56 Å². The molecule has 9 heteroatoms. The molecule has 1 fully saturated rings. The van der Waals surface area contributed by atoms with Crippen molar-refractivity contribution in [2.24, 2.45) is 0 Å². The van der Waals surface area contributed by atoms with E-state index in [-0.39, 0.29) is 11.5 Å². The second-order valence-corrected chi connectivity index (χ2v) is 5.40. The average molecular weight is 356 g/mol. The van der Waals surface area contributed by atoms with Crippen molar-refractivity contribution in [1.29, 1.82) is 0 Å². The molecule has 5 unspecified atom stereocenters. The Bertz CT molecular complexity index is 628. The Labute approximate surface area is 143 Å². The summed E-state index contributed by atoms with van der Waals surface area (Å²) < 4.78 is 15.9. The van der Waals surface area contributed by atoms with Gasteiger partial charge in [-0.15, -0.1) is 0 Å². The standard InChI is InChI=1S/C16H20O9/c1-23-9-4-2-8(3-5-12(18)19)6-10(9)24-16-15(22)14(21)13(20)11(7-17)25-16/h2-6,11,13-17,20-22H,7H2,1H3,(H,18,19)/b5-3+. The van der Waals surface area contributed by atoms with Crippen molar-refractivity contribution in [2.75, 3.05) is 13.7 Å². The fraction of sp³-hybridized carbons (Fsp3) is 0.438. The first-order valence-corrected chi connectivity index (χ1v) is 7.43. The molecule has 2 rings (SSSR count). The number of rotatable bonds is 6. The van der Waals surface area contributed by atoms with Crippen molar-refractivity contribution in [3.05, 3.63) is 29.8 Å². The number of carbonyl (C=O) groups is 1. The second-order valence-electron chi connectivity index (χ2n) is 5.40. The number of ether oxygens (including phenoxy) is 3. The van der Waals surface area contributed by atoms with Crippen molar-refractivity contribution in [3.63, 3.8) is 0 Å². The van der Waals surface area contributed by atoms with Gasteiger partial charge in [-0.05, 0) is 23.8 Å². The normalized spacial score (nSPS) is 29.6. The number of aliphatic hydroxyl groups excluding tert-OH is 4. The lowest BCUT2D eigenvalue weighted by Gasteiger charge is -2.39. The number of hydrogen-bond donors (Lipinski definition) is 5. The fourth-order valence-electron chi connectivity index (χ4n) is 2.35. The molecular weight excluding hydrogens is 336 g/mol. The van der Waals surface area contributed by atoms with Gasteiger partial charge in [0.05, 0.1) is 13.7 Å². The number of hydrogen-bond acceptors (Lipinski definition) is 8. The topological polar surface area (TPSA) is 146 Å². The number of carboxylic acids is 1. The molecule has 5 atom stereocenters. The summed E-state index contributed by atoms with van der Waals surface area (Å²) in [4.78, 5) is 10.6. The smallest absolute Gasteiger partial charge is 0.328 e. The lowest BCUT2D eigenvalue weighted by Crippen LogP contribution is -2.60. The van der Waals surface area contributed by atoms with E-state index >= 15 is 0 Å². The fourth-order valence-corrected chi connectivity index (χ4v) is 2.35. The summed E-state index contributed by atoms with van der Waals surface area (Å²) >= 11 is 0. The molecule has 0 aromatic heterocycles. The molecule has 0 spiro atoms. The number of aliphatic carboxylic acids is 1. The molecule has 1 aliphatic rings. The number of methoxy groups -OCH3 is 1. The zero-order chi connectivity index (χ0) is 18.6. The first-order valence-electron chi connectivity index (χ1n) is 7.43. The van der Waals surface area contributed by atoms with Gasteiger partial charge in [0.1, 0.15) is 24.4 Å². The van der Waals surface area contributed by atoms with Crippen LogP contribution in [0.3, 0.4) is 0 Å². The van der Waals surface area contributed by atoms with Crippen molar-refractivity contribution < 1.29 is 44.5 Å². The molecule has 0 radical (unpaired) electrons. The third-order valence-electron chi connectivity index (χ3n) is 3.70. The summed E-state index contributed by atoms with van der Waals surface area (Å²) in [6.45, 7) is -0.580. The van der Waals surface area contributed by atoms with Gasteiger partial charge in [-0.25, -0.2) is 4.79 Å². The van der Waals surface area contributed by atoms with Gasteiger partial charge < -0.3 is 39.7 Å². The quantitative estimate of drug-likeness (QED) is 0.404. The van der Waals surface area contributed by atoms with E-state index in [4.69, 9.17) is 19.3 Å². The highest BCUT2D eigenvalue weighted by molar-refractivity contribution is 5.85. The van der Waals surface area contributed by atoms with Crippen LogP contribution in [-0.2, 0) is 9.53 Å². The van der Waals surface area contributed by atoms with Crippen LogP contribution in [-0.4, -0.2) is 75.9 Å². The molecule has 1 aromatic rings. The van der Waals surface area contributed by atoms with Crippen LogP contribution in [0, 0.1) is 0 Å². The third-order valence-corrected chi connectivity index (χ3v) is 3.70. The van der Waals surface area contributed by atoms with E-state index in [1.54, 1.807) is 6.07 Å². The second kappa shape index (κ2) is 8.28. The van der Waals surface area contributed by atoms with E-state index in [2.05, 4.69) is 0 Å². The van der Waals surface area contributed by atoms with Crippen LogP contribution in [0.25, 0.3) is 6.08 Å². The SMILES string of the molecule is COc1ccc(/C=C/C(=O)O)cc1OC1OC(CO)C(O)C(O)C1O. The monoisotopic (exact) mass is 356 g/mol. The predicted octanol–water partition coefficient (Wildman–Crippen LogP) is -1.03. The molecule has 1 saturated heterocycles. The summed E-state index contributed by atoms with van der Waals surface area (Å²) in [6, 6.07) is 4.58. The summed E-state index contributed by atoms with van der Waals surface area (Å²) in [7, 11) is 1.39. The van der Waals surface area contributed by atoms with Crippen LogP contribution in [0.15, 0.2) is 24.3 Å². The minimum atomic E-state index is -1.57. The zero-order valence-corrected chi connectivity index (χ0v) is 13.3. The lowest BCUT2D eigenvalue weighted by molar-refractivity contribution is -0.277. The molecule has 0 saturated carbocycles. The van der Waals surface area contributed by atoms with Crippen molar-refractivity contribution >= 4 is 12.0 Å². The lowest BCUT2D eigenvalue weighted by atomic mass is 9.99. The van der Waals surface area contributed by atoms with Crippen molar-refractivity contribution in [3.8, 4) is 11.5 Å². The first kappa shape index (κ1) is 19.2. The third kappa shape index (κ3) is 4.47. The molecule has 0 aliphatic carbocycles. The highest BCUT2D eigenvalue weighted by atomic mass is 16.7. The maximum atomic E-state index is 10.6. The first-order chi connectivity index (χ1) is 11.9. The highest BCUT2D eigenvalue weighted by Crippen LogP contribution is 2.32. The number of benzene rings is 1. The molecule has 1 aromatic carbocycles. The van der Waals surface area contributed by atoms with Crippen molar-refractivity contribution in [2.45, 2.75) is 30.7 Å². The van der Waals surface area contributed by atoms with Gasteiger partial charge >= 0.3 is 5.97 Å². The minimum Gasteiger partial charge on any atom is -0.493 e. The maximum absolute atomic E-state index is 10.6. The average Bonchev–Trinajstić information content (AvgIpc) is 2.60.